The van der Waals surface area contributed by atoms with Crippen LogP contribution in [0.3, 0.4) is 0 Å². The van der Waals surface area contributed by atoms with Crippen LogP contribution in [0, 0.1) is 13.8 Å². The van der Waals surface area contributed by atoms with Gasteiger partial charge in [0.2, 0.25) is 0 Å². The van der Waals surface area contributed by atoms with E-state index in [0.29, 0.717) is 11.5 Å². The maximum absolute atomic E-state index is 6.27. The van der Waals surface area contributed by atoms with E-state index in [9.17, 15) is 0 Å². The fourth-order valence-electron chi connectivity index (χ4n) is 2.68. The van der Waals surface area contributed by atoms with Crippen molar-refractivity contribution in [2.45, 2.75) is 26.7 Å². The van der Waals surface area contributed by atoms with Crippen molar-refractivity contribution >= 4 is 23.0 Å². The molecule has 1 aliphatic heterocycles. The number of nitrogens with two attached hydrogens (primary N) is 1. The Morgan fingerprint density at radius 3 is 2.67 bits per heavy atom. The largest absolute Gasteiger partial charge is 0.393 e. The van der Waals surface area contributed by atoms with Crippen molar-refractivity contribution in [2.75, 3.05) is 29.0 Å². The summed E-state index contributed by atoms with van der Waals surface area (Å²) < 4.78 is 0. The van der Waals surface area contributed by atoms with Gasteiger partial charge in [0, 0.05) is 18.8 Å². The van der Waals surface area contributed by atoms with Crippen LogP contribution < -0.4 is 16.0 Å². The van der Waals surface area contributed by atoms with Crippen LogP contribution >= 0.6 is 0 Å². The van der Waals surface area contributed by atoms with Crippen molar-refractivity contribution in [1.29, 1.82) is 0 Å². The second-order valence-electron chi connectivity index (χ2n) is 5.53. The number of hydrogen-bond donors (Lipinski definition) is 2. The van der Waals surface area contributed by atoms with Gasteiger partial charge < -0.3 is 16.0 Å². The number of anilines is 4. The van der Waals surface area contributed by atoms with Gasteiger partial charge in [0.15, 0.2) is 11.6 Å². The summed E-state index contributed by atoms with van der Waals surface area (Å²) in [4.78, 5) is 10.9. The first-order valence-electron chi connectivity index (χ1n) is 7.35. The number of rotatable bonds is 3. The monoisotopic (exact) mass is 283 g/mol. The average Bonchev–Trinajstić information content (AvgIpc) is 3.00. The van der Waals surface area contributed by atoms with Crippen LogP contribution in [0.1, 0.15) is 24.0 Å². The molecule has 0 bridgehead atoms. The smallest absolute Gasteiger partial charge is 0.159 e. The first-order valence-corrected chi connectivity index (χ1v) is 7.35. The minimum Gasteiger partial charge on any atom is -0.393 e. The summed E-state index contributed by atoms with van der Waals surface area (Å²) in [5.74, 6) is 1.52. The van der Waals surface area contributed by atoms with Crippen molar-refractivity contribution in [3.63, 3.8) is 0 Å². The molecule has 3 N–H and O–H groups in total. The van der Waals surface area contributed by atoms with Gasteiger partial charge in [0.25, 0.3) is 0 Å². The number of hydrogen-bond acceptors (Lipinski definition) is 5. The number of nitrogens with zero attached hydrogens (tertiary/aromatic N) is 3. The summed E-state index contributed by atoms with van der Waals surface area (Å²) in [5.41, 5.74) is 10.4. The number of nitrogen functional groups attached to an aromatic ring is 1. The van der Waals surface area contributed by atoms with E-state index in [1.165, 1.54) is 24.0 Å². The maximum Gasteiger partial charge on any atom is 0.159 e. The highest BCUT2D eigenvalue weighted by molar-refractivity contribution is 5.79. The minimum absolute atomic E-state index is 0.625. The number of benzene rings is 1. The molecule has 5 heteroatoms. The third-order valence-electron chi connectivity index (χ3n) is 4.13. The van der Waals surface area contributed by atoms with E-state index in [1.54, 1.807) is 6.33 Å². The van der Waals surface area contributed by atoms with E-state index in [2.05, 4.69) is 40.1 Å². The highest BCUT2D eigenvalue weighted by atomic mass is 15.2. The molecule has 0 unspecified atom stereocenters. The Bertz CT molecular complexity index is 647. The molecule has 1 fully saturated rings. The molecule has 1 aromatic heterocycles. The molecular formula is C16H21N5. The van der Waals surface area contributed by atoms with E-state index >= 15 is 0 Å². The van der Waals surface area contributed by atoms with Gasteiger partial charge >= 0.3 is 0 Å². The molecule has 0 radical (unpaired) electrons. The van der Waals surface area contributed by atoms with Gasteiger partial charge in [-0.3, -0.25) is 0 Å². The van der Waals surface area contributed by atoms with Crippen LogP contribution in [0.2, 0.25) is 0 Å². The van der Waals surface area contributed by atoms with E-state index in [-0.39, 0.29) is 0 Å². The molecule has 21 heavy (non-hydrogen) atoms. The lowest BCUT2D eigenvalue weighted by atomic mass is 10.1. The molecule has 0 saturated carbocycles. The summed E-state index contributed by atoms with van der Waals surface area (Å²) in [5, 5.41) is 3.34. The van der Waals surface area contributed by atoms with Gasteiger partial charge in [-0.25, -0.2) is 9.97 Å². The van der Waals surface area contributed by atoms with Gasteiger partial charge in [-0.05, 0) is 43.9 Å². The minimum atomic E-state index is 0.625. The van der Waals surface area contributed by atoms with Crippen molar-refractivity contribution in [1.82, 2.24) is 9.97 Å². The normalized spacial score (nSPS) is 14.5. The number of aromatic nitrogens is 2. The third kappa shape index (κ3) is 2.63. The zero-order chi connectivity index (χ0) is 14.8. The molecule has 1 aliphatic rings. The number of aryl methyl sites for hydroxylation is 1. The zero-order valence-electron chi connectivity index (χ0n) is 12.6. The van der Waals surface area contributed by atoms with E-state index < -0.39 is 0 Å². The Morgan fingerprint density at radius 2 is 1.90 bits per heavy atom. The predicted octanol–water partition coefficient (Wildman–Crippen LogP) is 3.02. The Balaban J connectivity index is 1.92. The van der Waals surface area contributed by atoms with Crippen molar-refractivity contribution in [3.05, 3.63) is 35.7 Å². The molecule has 2 aromatic rings. The highest BCUT2D eigenvalue weighted by Gasteiger charge is 2.18. The summed E-state index contributed by atoms with van der Waals surface area (Å²) in [6, 6.07) is 6.17. The third-order valence-corrected chi connectivity index (χ3v) is 4.13. The fourth-order valence-corrected chi connectivity index (χ4v) is 2.68. The van der Waals surface area contributed by atoms with Crippen LogP contribution in [0.15, 0.2) is 24.5 Å². The summed E-state index contributed by atoms with van der Waals surface area (Å²) >= 11 is 0. The Morgan fingerprint density at radius 1 is 1.14 bits per heavy atom. The summed E-state index contributed by atoms with van der Waals surface area (Å²) in [6.07, 6.45) is 3.98. The summed E-state index contributed by atoms with van der Waals surface area (Å²) in [7, 11) is 0. The first-order chi connectivity index (χ1) is 10.2. The summed E-state index contributed by atoms with van der Waals surface area (Å²) in [6.45, 7) is 6.23. The lowest BCUT2D eigenvalue weighted by molar-refractivity contribution is 0.931. The van der Waals surface area contributed by atoms with Crippen LogP contribution in [0.25, 0.3) is 0 Å². The average molecular weight is 283 g/mol. The predicted molar refractivity (Wildman–Crippen MR) is 87.1 cm³/mol. The zero-order valence-corrected chi connectivity index (χ0v) is 12.6. The molecule has 110 valence electrons. The lowest BCUT2D eigenvalue weighted by Gasteiger charge is -2.20. The molecule has 0 aliphatic carbocycles. The van der Waals surface area contributed by atoms with E-state index in [4.69, 9.17) is 5.73 Å². The van der Waals surface area contributed by atoms with E-state index in [1.807, 2.05) is 12.1 Å². The standard InChI is InChI=1S/C16H21N5/c1-11-6-5-7-13(12(11)2)20-15-14(17)16(19-10-18-15)21-8-3-4-9-21/h5-7,10H,3-4,8-9,17H2,1-2H3,(H,18,19,20). The molecular weight excluding hydrogens is 262 g/mol. The molecule has 3 rings (SSSR count). The lowest BCUT2D eigenvalue weighted by Crippen LogP contribution is -2.21. The Kier molecular flexibility index (Phi) is 3.64. The van der Waals surface area contributed by atoms with Crippen molar-refractivity contribution in [3.8, 4) is 0 Å². The molecule has 2 heterocycles. The quantitative estimate of drug-likeness (QED) is 0.906. The van der Waals surface area contributed by atoms with Gasteiger partial charge in [0.05, 0.1) is 0 Å². The van der Waals surface area contributed by atoms with Gasteiger partial charge in [-0.15, -0.1) is 0 Å². The highest BCUT2D eigenvalue weighted by Crippen LogP contribution is 2.31. The fraction of sp³-hybridized carbons (Fsp3) is 0.375. The first kappa shape index (κ1) is 13.7. The molecule has 1 saturated heterocycles. The number of nitrogens with one attached hydrogen (secondary N) is 1. The molecule has 0 amide bonds. The van der Waals surface area contributed by atoms with E-state index in [0.717, 1.165) is 24.6 Å². The van der Waals surface area contributed by atoms with Gasteiger partial charge in [0.1, 0.15) is 12.0 Å². The van der Waals surface area contributed by atoms with Crippen molar-refractivity contribution in [2.24, 2.45) is 0 Å². The molecule has 5 nitrogen and oxygen atoms in total. The second kappa shape index (κ2) is 5.60. The molecule has 0 atom stereocenters. The van der Waals surface area contributed by atoms with Crippen LogP contribution in [-0.2, 0) is 0 Å². The van der Waals surface area contributed by atoms with Crippen molar-refractivity contribution < 1.29 is 0 Å². The Hall–Kier alpha value is -2.30. The Labute approximate surface area is 125 Å². The topological polar surface area (TPSA) is 67.1 Å². The second-order valence-corrected chi connectivity index (χ2v) is 5.53. The van der Waals surface area contributed by atoms with Gasteiger partial charge in [-0.1, -0.05) is 12.1 Å². The van der Waals surface area contributed by atoms with Gasteiger partial charge in [-0.2, -0.15) is 0 Å². The van der Waals surface area contributed by atoms with Crippen LogP contribution in [0.5, 0.6) is 0 Å². The molecule has 1 aromatic carbocycles. The molecule has 0 spiro atoms. The maximum atomic E-state index is 6.27. The van der Waals surface area contributed by atoms with Crippen LogP contribution in [0.4, 0.5) is 23.0 Å². The SMILES string of the molecule is Cc1cccc(Nc2ncnc(N3CCCC3)c2N)c1C. The van der Waals surface area contributed by atoms with Crippen LogP contribution in [-0.4, -0.2) is 23.1 Å².